The van der Waals surface area contributed by atoms with Gasteiger partial charge in [-0.25, -0.2) is 9.59 Å². The van der Waals surface area contributed by atoms with E-state index in [4.69, 9.17) is 9.47 Å². The molecule has 0 radical (unpaired) electrons. The standard InChI is InChI=1S/C18H36N2O4/c1-7-17(3,4)23-15(21)19-13-11-9-10-12-14-20-16(22)24-18(5,6)8-2/h7-14H2,1-6H3,(H,19,21)(H,20,22). The molecule has 6 heteroatoms. The molecule has 0 aromatic carbocycles. The zero-order chi connectivity index (χ0) is 18.6. The number of carbonyl (C=O) groups is 2. The summed E-state index contributed by atoms with van der Waals surface area (Å²) in [6, 6.07) is 0. The normalized spacial score (nSPS) is 11.8. The molecule has 0 fully saturated rings. The van der Waals surface area contributed by atoms with E-state index in [0.29, 0.717) is 13.1 Å². The van der Waals surface area contributed by atoms with Crippen molar-refractivity contribution in [1.29, 1.82) is 0 Å². The molecule has 0 rings (SSSR count). The van der Waals surface area contributed by atoms with Crippen LogP contribution < -0.4 is 10.6 Å². The highest BCUT2D eigenvalue weighted by Gasteiger charge is 2.20. The minimum absolute atomic E-state index is 0.357. The Kier molecular flexibility index (Phi) is 10.5. The fourth-order valence-electron chi connectivity index (χ4n) is 1.70. The van der Waals surface area contributed by atoms with Gasteiger partial charge in [0, 0.05) is 13.1 Å². The summed E-state index contributed by atoms with van der Waals surface area (Å²) >= 11 is 0. The quantitative estimate of drug-likeness (QED) is 0.545. The first-order valence-corrected chi connectivity index (χ1v) is 9.05. The maximum atomic E-state index is 11.6. The van der Waals surface area contributed by atoms with Gasteiger partial charge in [0.15, 0.2) is 0 Å². The lowest BCUT2D eigenvalue weighted by Gasteiger charge is -2.23. The number of nitrogens with one attached hydrogen (secondary N) is 2. The molecule has 0 bridgehead atoms. The van der Waals surface area contributed by atoms with Crippen LogP contribution in [0.3, 0.4) is 0 Å². The van der Waals surface area contributed by atoms with Crippen molar-refractivity contribution in [3.63, 3.8) is 0 Å². The van der Waals surface area contributed by atoms with Crippen LogP contribution in [0.1, 0.15) is 80.1 Å². The second kappa shape index (κ2) is 11.2. The Morgan fingerprint density at radius 3 is 1.33 bits per heavy atom. The van der Waals surface area contributed by atoms with Crippen molar-refractivity contribution in [2.45, 2.75) is 91.3 Å². The first kappa shape index (κ1) is 22.5. The number of hydrogen-bond acceptors (Lipinski definition) is 4. The van der Waals surface area contributed by atoms with E-state index in [0.717, 1.165) is 38.5 Å². The van der Waals surface area contributed by atoms with Gasteiger partial charge >= 0.3 is 12.2 Å². The van der Waals surface area contributed by atoms with E-state index in [9.17, 15) is 9.59 Å². The molecule has 0 aromatic rings. The van der Waals surface area contributed by atoms with Crippen LogP contribution in [0.15, 0.2) is 0 Å². The van der Waals surface area contributed by atoms with E-state index in [2.05, 4.69) is 10.6 Å². The van der Waals surface area contributed by atoms with E-state index >= 15 is 0 Å². The predicted molar refractivity (Wildman–Crippen MR) is 96.2 cm³/mol. The van der Waals surface area contributed by atoms with E-state index in [1.165, 1.54) is 0 Å². The molecule has 0 aromatic heterocycles. The molecule has 0 aliphatic heterocycles. The zero-order valence-electron chi connectivity index (χ0n) is 16.3. The summed E-state index contributed by atoms with van der Waals surface area (Å²) in [7, 11) is 0. The molecule has 24 heavy (non-hydrogen) atoms. The molecule has 0 spiro atoms. The first-order valence-electron chi connectivity index (χ1n) is 9.05. The molecule has 0 saturated carbocycles. The van der Waals surface area contributed by atoms with Crippen molar-refractivity contribution in [3.8, 4) is 0 Å². The molecule has 0 saturated heterocycles. The summed E-state index contributed by atoms with van der Waals surface area (Å²) < 4.78 is 10.6. The highest BCUT2D eigenvalue weighted by Crippen LogP contribution is 2.14. The summed E-state index contributed by atoms with van der Waals surface area (Å²) in [5, 5.41) is 5.53. The number of alkyl carbamates (subject to hydrolysis) is 2. The number of rotatable bonds is 11. The van der Waals surface area contributed by atoms with Gasteiger partial charge in [-0.15, -0.1) is 0 Å². The average molecular weight is 344 g/mol. The first-order chi connectivity index (χ1) is 11.1. The van der Waals surface area contributed by atoms with Gasteiger partial charge in [0.2, 0.25) is 0 Å². The van der Waals surface area contributed by atoms with E-state index in [-0.39, 0.29) is 12.2 Å². The summed E-state index contributed by atoms with van der Waals surface area (Å²) in [6.45, 7) is 12.8. The minimum Gasteiger partial charge on any atom is -0.444 e. The van der Waals surface area contributed by atoms with Gasteiger partial charge in [-0.05, 0) is 53.4 Å². The highest BCUT2D eigenvalue weighted by molar-refractivity contribution is 5.67. The Morgan fingerprint density at radius 2 is 1.04 bits per heavy atom. The maximum absolute atomic E-state index is 11.6. The molecule has 2 amide bonds. The molecule has 0 atom stereocenters. The lowest BCUT2D eigenvalue weighted by Crippen LogP contribution is -2.34. The van der Waals surface area contributed by atoms with E-state index in [1.54, 1.807) is 0 Å². The number of amides is 2. The zero-order valence-corrected chi connectivity index (χ0v) is 16.3. The van der Waals surface area contributed by atoms with E-state index < -0.39 is 11.2 Å². The Morgan fingerprint density at radius 1 is 0.708 bits per heavy atom. The van der Waals surface area contributed by atoms with Crippen molar-refractivity contribution in [2.75, 3.05) is 13.1 Å². The molecular weight excluding hydrogens is 308 g/mol. The van der Waals surface area contributed by atoms with Crippen molar-refractivity contribution in [3.05, 3.63) is 0 Å². The second-order valence-electron chi connectivity index (χ2n) is 7.27. The Bertz CT molecular complexity index is 345. The Hall–Kier alpha value is -1.46. The summed E-state index contributed by atoms with van der Waals surface area (Å²) in [4.78, 5) is 23.1. The highest BCUT2D eigenvalue weighted by atomic mass is 16.6. The lowest BCUT2D eigenvalue weighted by molar-refractivity contribution is 0.0351. The SMILES string of the molecule is CCC(C)(C)OC(=O)NCCCCCCNC(=O)OC(C)(C)CC. The predicted octanol–water partition coefficient (Wildman–Crippen LogP) is 4.38. The molecule has 142 valence electrons. The van der Waals surface area contributed by atoms with Gasteiger partial charge < -0.3 is 20.1 Å². The number of hydrogen-bond donors (Lipinski definition) is 2. The van der Waals surface area contributed by atoms with Crippen LogP contribution in [-0.2, 0) is 9.47 Å². The van der Waals surface area contributed by atoms with Gasteiger partial charge in [0.1, 0.15) is 11.2 Å². The van der Waals surface area contributed by atoms with Gasteiger partial charge in [0.25, 0.3) is 0 Å². The smallest absolute Gasteiger partial charge is 0.407 e. The molecule has 0 aliphatic carbocycles. The maximum Gasteiger partial charge on any atom is 0.407 e. The van der Waals surface area contributed by atoms with E-state index in [1.807, 2.05) is 41.5 Å². The molecule has 0 heterocycles. The number of ether oxygens (including phenoxy) is 2. The third-order valence-corrected chi connectivity index (χ3v) is 4.08. The third kappa shape index (κ3) is 12.0. The van der Waals surface area contributed by atoms with Crippen molar-refractivity contribution < 1.29 is 19.1 Å². The average Bonchev–Trinajstić information content (AvgIpc) is 2.49. The third-order valence-electron chi connectivity index (χ3n) is 4.08. The summed E-state index contributed by atoms with van der Waals surface area (Å²) in [5.41, 5.74) is -0.840. The largest absolute Gasteiger partial charge is 0.444 e. The number of unbranched alkanes of at least 4 members (excludes halogenated alkanes) is 3. The van der Waals surface area contributed by atoms with Crippen LogP contribution in [0.5, 0.6) is 0 Å². The monoisotopic (exact) mass is 344 g/mol. The summed E-state index contributed by atoms with van der Waals surface area (Å²) in [6.07, 6.45) is 4.64. The van der Waals surface area contributed by atoms with Gasteiger partial charge in [-0.2, -0.15) is 0 Å². The summed E-state index contributed by atoms with van der Waals surface area (Å²) in [5.74, 6) is 0. The second-order valence-corrected chi connectivity index (χ2v) is 7.27. The lowest BCUT2D eigenvalue weighted by atomic mass is 10.1. The van der Waals surface area contributed by atoms with Crippen LogP contribution in [0.4, 0.5) is 9.59 Å². The molecule has 2 N–H and O–H groups in total. The van der Waals surface area contributed by atoms with Crippen molar-refractivity contribution >= 4 is 12.2 Å². The molecule has 0 aliphatic rings. The van der Waals surface area contributed by atoms with Crippen molar-refractivity contribution in [2.24, 2.45) is 0 Å². The van der Waals surface area contributed by atoms with Gasteiger partial charge in [0.05, 0.1) is 0 Å². The molecule has 6 nitrogen and oxygen atoms in total. The van der Waals surface area contributed by atoms with Crippen LogP contribution in [0.25, 0.3) is 0 Å². The van der Waals surface area contributed by atoms with Crippen molar-refractivity contribution in [1.82, 2.24) is 10.6 Å². The van der Waals surface area contributed by atoms with Crippen LogP contribution in [0.2, 0.25) is 0 Å². The Balaban J connectivity index is 3.55. The fourth-order valence-corrected chi connectivity index (χ4v) is 1.70. The fraction of sp³-hybridized carbons (Fsp3) is 0.889. The number of carbonyl (C=O) groups excluding carboxylic acids is 2. The van der Waals surface area contributed by atoms with Crippen LogP contribution >= 0.6 is 0 Å². The topological polar surface area (TPSA) is 76.7 Å². The van der Waals surface area contributed by atoms with Crippen LogP contribution in [0, 0.1) is 0 Å². The van der Waals surface area contributed by atoms with Gasteiger partial charge in [-0.1, -0.05) is 26.7 Å². The van der Waals surface area contributed by atoms with Crippen LogP contribution in [-0.4, -0.2) is 36.5 Å². The molecule has 0 unspecified atom stereocenters. The minimum atomic E-state index is -0.420. The molecular formula is C18H36N2O4. The Labute approximate surface area is 147 Å². The van der Waals surface area contributed by atoms with Gasteiger partial charge in [-0.3, -0.25) is 0 Å².